The van der Waals surface area contributed by atoms with Gasteiger partial charge in [-0.2, -0.15) is 13.2 Å². The first-order chi connectivity index (χ1) is 17.1. The van der Waals surface area contributed by atoms with Gasteiger partial charge in [-0.1, -0.05) is 23.4 Å². The fraction of sp³-hybridized carbons (Fsp3) is 0.320. The summed E-state index contributed by atoms with van der Waals surface area (Å²) in [6.45, 7) is 4.72. The first-order valence-electron chi connectivity index (χ1n) is 11.4. The highest BCUT2D eigenvalue weighted by molar-refractivity contribution is 5.75. The number of aromatic nitrogens is 3. The Morgan fingerprint density at radius 3 is 2.56 bits per heavy atom. The van der Waals surface area contributed by atoms with E-state index in [0.29, 0.717) is 0 Å². The predicted octanol–water partition coefficient (Wildman–Crippen LogP) is 4.96. The lowest BCUT2D eigenvalue weighted by atomic mass is 9.90. The topological polar surface area (TPSA) is 92.1 Å². The molecular formula is C25H25F4N5O2. The molecule has 1 atom stereocenters. The molecule has 0 saturated carbocycles. The van der Waals surface area contributed by atoms with E-state index in [2.05, 4.69) is 45.2 Å². The number of alkyl halides is 3. The summed E-state index contributed by atoms with van der Waals surface area (Å²) in [5, 5.41) is 22.8. The molecule has 2 aliphatic heterocycles. The molecule has 0 radical (unpaired) electrons. The van der Waals surface area contributed by atoms with Crippen molar-refractivity contribution in [3.05, 3.63) is 71.2 Å². The number of aliphatic carboxylic acids is 1. The minimum atomic E-state index is -5.08. The molecule has 3 N–H and O–H groups in total. The molecule has 5 rings (SSSR count). The summed E-state index contributed by atoms with van der Waals surface area (Å²) in [6.07, 6.45) is -0.890. The normalized spacial score (nSPS) is 17.0. The molecule has 11 heteroatoms. The van der Waals surface area contributed by atoms with Crippen molar-refractivity contribution in [2.24, 2.45) is 0 Å². The highest BCUT2D eigenvalue weighted by Gasteiger charge is 2.38. The maximum absolute atomic E-state index is 13.4. The van der Waals surface area contributed by atoms with Crippen LogP contribution in [0.2, 0.25) is 0 Å². The predicted molar refractivity (Wildman–Crippen MR) is 127 cm³/mol. The van der Waals surface area contributed by atoms with Crippen LogP contribution in [0.15, 0.2) is 48.5 Å². The quantitative estimate of drug-likeness (QED) is 0.438. The molecule has 36 heavy (non-hydrogen) atoms. The smallest absolute Gasteiger partial charge is 0.475 e. The van der Waals surface area contributed by atoms with Gasteiger partial charge >= 0.3 is 12.1 Å². The summed E-state index contributed by atoms with van der Waals surface area (Å²) in [6, 6.07) is 13.4. The monoisotopic (exact) mass is 503 g/mol. The van der Waals surface area contributed by atoms with Crippen LogP contribution in [0.5, 0.6) is 0 Å². The lowest BCUT2D eigenvalue weighted by Crippen LogP contribution is -2.21. The highest BCUT2D eigenvalue weighted by atomic mass is 19.4. The van der Waals surface area contributed by atoms with Gasteiger partial charge in [-0.25, -0.2) is 13.9 Å². The molecule has 2 aliphatic rings. The minimum Gasteiger partial charge on any atom is -0.475 e. The number of hydrogen-bond acceptors (Lipinski definition) is 5. The number of carboxylic acids is 1. The molecule has 0 bridgehead atoms. The van der Waals surface area contributed by atoms with Crippen molar-refractivity contribution in [2.75, 3.05) is 18.4 Å². The van der Waals surface area contributed by atoms with Crippen molar-refractivity contribution in [3.63, 3.8) is 0 Å². The lowest BCUT2D eigenvalue weighted by Gasteiger charge is -2.22. The van der Waals surface area contributed by atoms with Crippen molar-refractivity contribution < 1.29 is 27.5 Å². The van der Waals surface area contributed by atoms with E-state index >= 15 is 0 Å². The number of carbonyl (C=O) groups is 1. The fourth-order valence-electron chi connectivity index (χ4n) is 4.35. The highest BCUT2D eigenvalue weighted by Crippen LogP contribution is 2.38. The molecule has 0 aliphatic carbocycles. The van der Waals surface area contributed by atoms with Crippen molar-refractivity contribution in [3.8, 4) is 11.3 Å². The zero-order valence-corrected chi connectivity index (χ0v) is 19.4. The Hall–Kier alpha value is -3.73. The number of carboxylic acid groups (broad SMARTS) is 1. The van der Waals surface area contributed by atoms with Crippen molar-refractivity contribution >= 4 is 17.2 Å². The molecule has 0 fully saturated rings. The maximum atomic E-state index is 13.4. The summed E-state index contributed by atoms with van der Waals surface area (Å²) in [5.74, 6) is -2.98. The molecular weight excluding hydrogens is 478 g/mol. The fourth-order valence-corrected chi connectivity index (χ4v) is 4.35. The van der Waals surface area contributed by atoms with Crippen LogP contribution in [0.1, 0.15) is 35.7 Å². The number of nitrogens with zero attached hydrogens (tertiary/aromatic N) is 3. The lowest BCUT2D eigenvalue weighted by molar-refractivity contribution is -0.192. The largest absolute Gasteiger partial charge is 0.490 e. The van der Waals surface area contributed by atoms with Gasteiger partial charge in [0.2, 0.25) is 0 Å². The van der Waals surface area contributed by atoms with Crippen LogP contribution in [-0.4, -0.2) is 45.3 Å². The van der Waals surface area contributed by atoms with Crippen LogP contribution in [0.3, 0.4) is 0 Å². The van der Waals surface area contributed by atoms with Crippen LogP contribution in [0.4, 0.5) is 23.2 Å². The Morgan fingerprint density at radius 2 is 1.92 bits per heavy atom. The van der Waals surface area contributed by atoms with Crippen LogP contribution >= 0.6 is 0 Å². The third-order valence-corrected chi connectivity index (χ3v) is 6.08. The number of aryl methyl sites for hydroxylation is 2. The summed E-state index contributed by atoms with van der Waals surface area (Å²) < 4.78 is 47.1. The molecule has 1 unspecified atom stereocenters. The summed E-state index contributed by atoms with van der Waals surface area (Å²) in [5.41, 5.74) is 8.03. The SMILES string of the molecule is Cc1nnn2c1-c1ccc(C3=CCNCC3)cc1C(Nc1ccc(F)cc1)CC2.O=C(O)C(F)(F)F. The number of halogens is 4. The molecule has 0 saturated heterocycles. The standard InChI is InChI=1S/C23H24FN5.C2HF3O2/c1-15-23-20-7-2-17(16-8-11-25-12-9-16)14-21(20)22(10-13-29(23)28-27-15)26-19-5-3-18(24)4-6-19;3-2(4,5)1(6)7/h2-8,14,22,25-26H,9-13H2,1H3;(H,6,7). The number of hydrogen-bond donors (Lipinski definition) is 3. The Balaban J connectivity index is 0.000000384. The zero-order valence-electron chi connectivity index (χ0n) is 19.4. The maximum Gasteiger partial charge on any atom is 0.490 e. The Labute approximate surface area is 204 Å². The molecule has 1 aromatic heterocycles. The van der Waals surface area contributed by atoms with E-state index in [4.69, 9.17) is 9.90 Å². The van der Waals surface area contributed by atoms with Crippen LogP contribution in [-0.2, 0) is 11.3 Å². The molecule has 7 nitrogen and oxygen atoms in total. The summed E-state index contributed by atoms with van der Waals surface area (Å²) in [4.78, 5) is 8.90. The van der Waals surface area contributed by atoms with E-state index in [1.54, 1.807) is 12.1 Å². The van der Waals surface area contributed by atoms with Gasteiger partial charge in [0.05, 0.1) is 17.4 Å². The Bertz CT molecular complexity index is 1270. The van der Waals surface area contributed by atoms with Crippen molar-refractivity contribution in [1.29, 1.82) is 0 Å². The first-order valence-corrected chi connectivity index (χ1v) is 11.4. The number of anilines is 1. The second kappa shape index (κ2) is 10.5. The number of benzene rings is 2. The van der Waals surface area contributed by atoms with Crippen molar-refractivity contribution in [1.82, 2.24) is 20.3 Å². The van der Waals surface area contributed by atoms with Gasteiger partial charge in [0.25, 0.3) is 0 Å². The molecule has 3 heterocycles. The van der Waals surface area contributed by atoms with E-state index in [9.17, 15) is 17.6 Å². The van der Waals surface area contributed by atoms with Gasteiger partial charge in [-0.3, -0.25) is 0 Å². The van der Waals surface area contributed by atoms with Gasteiger partial charge in [0.15, 0.2) is 0 Å². The number of rotatable bonds is 3. The third kappa shape index (κ3) is 5.73. The average Bonchev–Trinajstić information content (AvgIpc) is 3.15. The Morgan fingerprint density at radius 1 is 1.19 bits per heavy atom. The Kier molecular flexibility index (Phi) is 7.39. The molecule has 0 amide bonds. The van der Waals surface area contributed by atoms with Gasteiger partial charge < -0.3 is 15.7 Å². The zero-order chi connectivity index (χ0) is 25.9. The van der Waals surface area contributed by atoms with Crippen LogP contribution in [0.25, 0.3) is 16.8 Å². The van der Waals surface area contributed by atoms with E-state index < -0.39 is 12.1 Å². The number of fused-ring (bicyclic) bond motifs is 3. The first kappa shape index (κ1) is 25.4. The van der Waals surface area contributed by atoms with E-state index in [-0.39, 0.29) is 11.9 Å². The van der Waals surface area contributed by atoms with E-state index in [1.807, 2.05) is 11.6 Å². The average molecular weight is 504 g/mol. The summed E-state index contributed by atoms with van der Waals surface area (Å²) in [7, 11) is 0. The molecule has 0 spiro atoms. The summed E-state index contributed by atoms with van der Waals surface area (Å²) >= 11 is 0. The van der Waals surface area contributed by atoms with E-state index in [0.717, 1.165) is 49.6 Å². The van der Waals surface area contributed by atoms with Crippen molar-refractivity contribution in [2.45, 2.75) is 38.5 Å². The van der Waals surface area contributed by atoms with E-state index in [1.165, 1.54) is 34.4 Å². The molecule has 190 valence electrons. The van der Waals surface area contributed by atoms with Gasteiger partial charge in [-0.05, 0) is 73.3 Å². The van der Waals surface area contributed by atoms with Gasteiger partial charge in [0, 0.05) is 24.3 Å². The molecule has 2 aromatic carbocycles. The van der Waals surface area contributed by atoms with Crippen LogP contribution in [0, 0.1) is 12.7 Å². The minimum absolute atomic E-state index is 0.110. The van der Waals surface area contributed by atoms with Gasteiger partial charge in [-0.15, -0.1) is 5.10 Å². The van der Waals surface area contributed by atoms with Crippen LogP contribution < -0.4 is 10.6 Å². The number of nitrogens with one attached hydrogen (secondary N) is 2. The van der Waals surface area contributed by atoms with Gasteiger partial charge in [0.1, 0.15) is 5.82 Å². The molecule has 3 aromatic rings. The second-order valence-electron chi connectivity index (χ2n) is 8.53. The third-order valence-electron chi connectivity index (χ3n) is 6.08. The second-order valence-corrected chi connectivity index (χ2v) is 8.53.